The number of carboxylic acid groups (broad SMARTS) is 2. The Morgan fingerprint density at radius 3 is 1.28 bits per heavy atom. The molecule has 14 nitrogen and oxygen atoms in total. The number of carbonyl (C=O) groups is 2. The molecule has 238 valence electrons. The lowest BCUT2D eigenvalue weighted by Crippen LogP contribution is -2.32. The first kappa shape index (κ1) is 32.6. The van der Waals surface area contributed by atoms with Crippen LogP contribution in [0, 0.1) is 0 Å². The van der Waals surface area contributed by atoms with Crippen LogP contribution in [0.3, 0.4) is 0 Å². The molecule has 0 aliphatic heterocycles. The molecule has 0 saturated heterocycles. The van der Waals surface area contributed by atoms with Crippen LogP contribution >= 0.6 is 0 Å². The van der Waals surface area contributed by atoms with Crippen LogP contribution < -0.4 is 9.44 Å². The molecule has 0 radical (unpaired) electrons. The third kappa shape index (κ3) is 6.17. The van der Waals surface area contributed by atoms with E-state index >= 15 is 0 Å². The van der Waals surface area contributed by atoms with Crippen molar-refractivity contribution in [1.82, 2.24) is 19.4 Å². The van der Waals surface area contributed by atoms with Gasteiger partial charge in [0.25, 0.3) is 0 Å². The SMILES string of the molecule is CC(O)NS(=O)(=O)c1ccccc1-c1cc(C(=O)O)nc2c1ccc1c(-c3ccccc3S(=O)(=O)NC(C)O)cc(C(=O)O)nc12. The third-order valence-electron chi connectivity index (χ3n) is 6.78. The van der Waals surface area contributed by atoms with Crippen molar-refractivity contribution < 1.29 is 46.9 Å². The van der Waals surface area contributed by atoms with Crippen LogP contribution in [-0.2, 0) is 20.0 Å². The number of nitrogens with zero attached hydrogens (tertiary/aromatic N) is 2. The Kier molecular flexibility index (Phi) is 8.61. The predicted octanol–water partition coefficient (Wildman–Crippen LogP) is 2.75. The fourth-order valence-corrected chi connectivity index (χ4v) is 7.67. The number of aromatic nitrogens is 2. The molecule has 2 heterocycles. The van der Waals surface area contributed by atoms with Crippen molar-refractivity contribution in [2.75, 3.05) is 0 Å². The van der Waals surface area contributed by atoms with Crippen LogP contribution in [0.2, 0.25) is 0 Å². The normalized spacial score (nSPS) is 13.5. The lowest BCUT2D eigenvalue weighted by molar-refractivity contribution is 0.0680. The quantitative estimate of drug-likeness (QED) is 0.0933. The summed E-state index contributed by atoms with van der Waals surface area (Å²) >= 11 is 0. The number of hydrogen-bond donors (Lipinski definition) is 6. The fourth-order valence-electron chi connectivity index (χ4n) is 5.06. The molecular weight excluding hydrogens is 640 g/mol. The maximum Gasteiger partial charge on any atom is 0.354 e. The Hall–Kier alpha value is -4.84. The molecule has 0 saturated carbocycles. The standard InChI is InChI=1S/C30H26N4O10S2/c1-15(35)33-45(41,42)25-9-5-3-7-17(25)21-13-23(29(37)38)31-27-19(21)11-12-20-22(14-24(30(39)40)32-28(20)27)18-8-4-6-10-26(18)46(43,44)34-16(2)36/h3-16,33-36H,1-2H3,(H,37,38)(H,39,40). The van der Waals surface area contributed by atoms with E-state index in [9.17, 15) is 46.9 Å². The highest BCUT2D eigenvalue weighted by Gasteiger charge is 2.26. The first-order chi connectivity index (χ1) is 21.6. The van der Waals surface area contributed by atoms with Crippen molar-refractivity contribution in [3.63, 3.8) is 0 Å². The molecule has 5 rings (SSSR count). The number of fused-ring (bicyclic) bond motifs is 3. The van der Waals surface area contributed by atoms with Gasteiger partial charge in [-0.1, -0.05) is 48.5 Å². The minimum Gasteiger partial charge on any atom is -0.477 e. The van der Waals surface area contributed by atoms with Gasteiger partial charge in [-0.25, -0.2) is 36.4 Å². The van der Waals surface area contributed by atoms with Gasteiger partial charge in [0, 0.05) is 21.9 Å². The fraction of sp³-hybridized carbons (Fsp3) is 0.133. The van der Waals surface area contributed by atoms with Crippen LogP contribution in [0.5, 0.6) is 0 Å². The molecule has 2 atom stereocenters. The van der Waals surface area contributed by atoms with Gasteiger partial charge in [-0.05, 0) is 49.2 Å². The number of hydrogen-bond acceptors (Lipinski definition) is 10. The Morgan fingerprint density at radius 2 is 0.957 bits per heavy atom. The van der Waals surface area contributed by atoms with Crippen molar-refractivity contribution >= 4 is 53.8 Å². The van der Waals surface area contributed by atoms with E-state index in [1.165, 1.54) is 86.6 Å². The summed E-state index contributed by atoms with van der Waals surface area (Å²) in [5.41, 5.74) is -0.920. The predicted molar refractivity (Wildman–Crippen MR) is 166 cm³/mol. The van der Waals surface area contributed by atoms with Crippen LogP contribution in [-0.4, -0.2) is 71.6 Å². The Labute approximate surface area is 262 Å². The van der Waals surface area contributed by atoms with Gasteiger partial charge in [-0.2, -0.15) is 9.44 Å². The second-order valence-electron chi connectivity index (χ2n) is 10.2. The van der Waals surface area contributed by atoms with Gasteiger partial charge >= 0.3 is 11.9 Å². The van der Waals surface area contributed by atoms with Crippen molar-refractivity contribution in [2.45, 2.75) is 36.1 Å². The second-order valence-corrected chi connectivity index (χ2v) is 13.5. The summed E-state index contributed by atoms with van der Waals surface area (Å²) in [4.78, 5) is 32.5. The monoisotopic (exact) mass is 666 g/mol. The summed E-state index contributed by atoms with van der Waals surface area (Å²) in [7, 11) is -8.63. The van der Waals surface area contributed by atoms with E-state index in [1.807, 2.05) is 0 Å². The highest BCUT2D eigenvalue weighted by atomic mass is 32.2. The Balaban J connectivity index is 1.91. The largest absolute Gasteiger partial charge is 0.477 e. The molecule has 6 N–H and O–H groups in total. The average molecular weight is 667 g/mol. The topological polar surface area (TPSA) is 233 Å². The molecule has 0 bridgehead atoms. The van der Waals surface area contributed by atoms with E-state index in [2.05, 4.69) is 19.4 Å². The lowest BCUT2D eigenvalue weighted by atomic mass is 9.95. The number of aliphatic hydroxyl groups excluding tert-OH is 2. The zero-order valence-corrected chi connectivity index (χ0v) is 25.7. The average Bonchev–Trinajstić information content (AvgIpc) is 2.98. The lowest BCUT2D eigenvalue weighted by Gasteiger charge is -2.17. The summed E-state index contributed by atoms with van der Waals surface area (Å²) < 4.78 is 56.8. The summed E-state index contributed by atoms with van der Waals surface area (Å²) in [5, 5.41) is 39.8. The first-order valence-corrected chi connectivity index (χ1v) is 16.4. The van der Waals surface area contributed by atoms with Crippen molar-refractivity contribution in [3.8, 4) is 22.3 Å². The Morgan fingerprint density at radius 1 is 0.609 bits per heavy atom. The summed E-state index contributed by atoms with van der Waals surface area (Å²) in [6.07, 6.45) is -2.88. The van der Waals surface area contributed by atoms with E-state index in [4.69, 9.17) is 0 Å². The number of pyridine rings is 2. The number of aliphatic hydroxyl groups is 2. The number of carboxylic acids is 2. The van der Waals surface area contributed by atoms with Gasteiger partial charge in [0.15, 0.2) is 0 Å². The third-order valence-corrected chi connectivity index (χ3v) is 9.95. The van der Waals surface area contributed by atoms with Crippen molar-refractivity contribution in [3.05, 3.63) is 84.2 Å². The molecule has 0 aliphatic rings. The van der Waals surface area contributed by atoms with Gasteiger partial charge in [-0.3, -0.25) is 0 Å². The van der Waals surface area contributed by atoms with Crippen LogP contribution in [0.25, 0.3) is 44.1 Å². The van der Waals surface area contributed by atoms with Crippen LogP contribution in [0.15, 0.2) is 82.6 Å². The van der Waals surface area contributed by atoms with Crippen molar-refractivity contribution in [1.29, 1.82) is 0 Å². The minimum atomic E-state index is -4.31. The molecule has 5 aromatic rings. The summed E-state index contributed by atoms with van der Waals surface area (Å²) in [6, 6.07) is 16.7. The van der Waals surface area contributed by atoms with Gasteiger partial charge < -0.3 is 20.4 Å². The zero-order chi connectivity index (χ0) is 33.6. The Bertz CT molecular complexity index is 2110. The number of nitrogens with one attached hydrogen (secondary N) is 2. The van der Waals surface area contributed by atoms with Crippen LogP contribution in [0.1, 0.15) is 34.8 Å². The molecule has 0 fully saturated rings. The number of aromatic carboxylic acids is 2. The maximum absolute atomic E-state index is 13.2. The minimum absolute atomic E-state index is 0.0557. The number of benzene rings is 3. The first-order valence-electron chi connectivity index (χ1n) is 13.5. The second kappa shape index (κ2) is 12.2. The van der Waals surface area contributed by atoms with Crippen molar-refractivity contribution in [2.24, 2.45) is 0 Å². The van der Waals surface area contributed by atoms with E-state index < -0.39 is 55.8 Å². The zero-order valence-electron chi connectivity index (χ0n) is 24.0. The molecule has 2 unspecified atom stereocenters. The number of rotatable bonds is 10. The highest BCUT2D eigenvalue weighted by molar-refractivity contribution is 7.90. The molecular formula is C30H26N4O10S2. The van der Waals surface area contributed by atoms with E-state index in [1.54, 1.807) is 0 Å². The molecule has 0 amide bonds. The highest BCUT2D eigenvalue weighted by Crippen LogP contribution is 2.39. The van der Waals surface area contributed by atoms with E-state index in [-0.39, 0.29) is 53.9 Å². The smallest absolute Gasteiger partial charge is 0.354 e. The van der Waals surface area contributed by atoms with E-state index in [0.717, 1.165) is 0 Å². The molecule has 2 aromatic heterocycles. The van der Waals surface area contributed by atoms with Gasteiger partial charge in [0.1, 0.15) is 23.8 Å². The van der Waals surface area contributed by atoms with Gasteiger partial charge in [0.05, 0.1) is 20.8 Å². The van der Waals surface area contributed by atoms with Crippen LogP contribution in [0.4, 0.5) is 0 Å². The summed E-state index contributed by atoms with van der Waals surface area (Å²) in [6.45, 7) is 2.42. The van der Waals surface area contributed by atoms with E-state index in [0.29, 0.717) is 0 Å². The number of sulfonamides is 2. The van der Waals surface area contributed by atoms with Gasteiger partial charge in [0.2, 0.25) is 20.0 Å². The molecule has 3 aromatic carbocycles. The van der Waals surface area contributed by atoms with Gasteiger partial charge in [-0.15, -0.1) is 0 Å². The molecule has 0 spiro atoms. The molecule has 46 heavy (non-hydrogen) atoms. The maximum atomic E-state index is 13.2. The summed E-state index contributed by atoms with van der Waals surface area (Å²) in [5.74, 6) is -2.95. The molecule has 16 heteroatoms. The molecule has 0 aliphatic carbocycles.